The highest BCUT2D eigenvalue weighted by Gasteiger charge is 2.18. The van der Waals surface area contributed by atoms with E-state index in [9.17, 15) is 9.59 Å². The Balaban J connectivity index is 1.82. The Morgan fingerprint density at radius 1 is 1.00 bits per heavy atom. The number of nitrogens with zero attached hydrogens (tertiary/aromatic N) is 3. The first-order valence-corrected chi connectivity index (χ1v) is 9.92. The number of carbonyl (C=O) groups is 1. The SMILES string of the molecule is CCN(CC)Cc1ccc(C(=O)Nc2c(C)n(C)n(-c3ccccc3)c2=O)cc1. The number of hydrogen-bond donors (Lipinski definition) is 1. The zero-order chi connectivity index (χ0) is 21.0. The third kappa shape index (κ3) is 4.32. The summed E-state index contributed by atoms with van der Waals surface area (Å²) in [5, 5.41) is 2.80. The molecule has 0 spiro atoms. The molecule has 3 rings (SSSR count). The molecule has 6 heteroatoms. The normalized spacial score (nSPS) is 11.1. The molecule has 0 atom stereocenters. The number of anilines is 1. The molecule has 0 fully saturated rings. The summed E-state index contributed by atoms with van der Waals surface area (Å²) in [7, 11) is 1.81. The first-order valence-electron chi connectivity index (χ1n) is 9.92. The van der Waals surface area contributed by atoms with Gasteiger partial charge in [-0.25, -0.2) is 4.68 Å². The lowest BCUT2D eigenvalue weighted by molar-refractivity contribution is 0.102. The number of nitrogens with one attached hydrogen (secondary N) is 1. The van der Waals surface area contributed by atoms with Crippen molar-refractivity contribution in [1.29, 1.82) is 0 Å². The van der Waals surface area contributed by atoms with Gasteiger partial charge in [0.15, 0.2) is 0 Å². The highest BCUT2D eigenvalue weighted by Crippen LogP contribution is 2.15. The number of rotatable bonds is 7. The molecule has 1 aromatic heterocycles. The molecule has 0 bridgehead atoms. The molecular formula is C23H28N4O2. The molecule has 0 aliphatic rings. The monoisotopic (exact) mass is 392 g/mol. The zero-order valence-electron chi connectivity index (χ0n) is 17.5. The smallest absolute Gasteiger partial charge is 0.295 e. The van der Waals surface area contributed by atoms with Crippen LogP contribution in [0.15, 0.2) is 59.4 Å². The lowest BCUT2D eigenvalue weighted by Gasteiger charge is -2.18. The summed E-state index contributed by atoms with van der Waals surface area (Å²) in [5.74, 6) is -0.287. The van der Waals surface area contributed by atoms with E-state index in [0.29, 0.717) is 16.9 Å². The summed E-state index contributed by atoms with van der Waals surface area (Å²) < 4.78 is 3.30. The third-order valence-corrected chi connectivity index (χ3v) is 5.31. The van der Waals surface area contributed by atoms with Crippen LogP contribution in [0.4, 0.5) is 5.69 Å². The van der Waals surface area contributed by atoms with Gasteiger partial charge in [-0.3, -0.25) is 19.2 Å². The minimum Gasteiger partial charge on any atom is -0.316 e. The fraction of sp³-hybridized carbons (Fsp3) is 0.304. The van der Waals surface area contributed by atoms with Gasteiger partial charge in [0, 0.05) is 19.2 Å². The average Bonchev–Trinajstić information content (AvgIpc) is 2.96. The molecule has 3 aromatic rings. The molecule has 2 aromatic carbocycles. The molecule has 152 valence electrons. The Labute approximate surface area is 171 Å². The Morgan fingerprint density at radius 2 is 1.62 bits per heavy atom. The maximum atomic E-state index is 12.9. The predicted octanol–water partition coefficient (Wildman–Crippen LogP) is 3.58. The van der Waals surface area contributed by atoms with E-state index in [1.54, 1.807) is 16.4 Å². The summed E-state index contributed by atoms with van der Waals surface area (Å²) in [6, 6.07) is 16.9. The minimum absolute atomic E-state index is 0.247. The highest BCUT2D eigenvalue weighted by molar-refractivity contribution is 6.04. The van der Waals surface area contributed by atoms with E-state index in [0.717, 1.165) is 30.9 Å². The molecular weight excluding hydrogens is 364 g/mol. The molecule has 29 heavy (non-hydrogen) atoms. The number of para-hydroxylation sites is 1. The van der Waals surface area contributed by atoms with E-state index < -0.39 is 0 Å². The Kier molecular flexibility index (Phi) is 6.34. The van der Waals surface area contributed by atoms with Gasteiger partial charge in [0.25, 0.3) is 11.5 Å². The third-order valence-electron chi connectivity index (χ3n) is 5.31. The highest BCUT2D eigenvalue weighted by atomic mass is 16.2. The molecule has 1 heterocycles. The number of benzene rings is 2. The number of aromatic nitrogens is 2. The number of hydrogen-bond acceptors (Lipinski definition) is 3. The topological polar surface area (TPSA) is 59.3 Å². The summed E-state index contributed by atoms with van der Waals surface area (Å²) >= 11 is 0. The minimum atomic E-state index is -0.287. The lowest BCUT2D eigenvalue weighted by atomic mass is 10.1. The molecule has 0 saturated heterocycles. The summed E-state index contributed by atoms with van der Waals surface area (Å²) in [5.41, 5.74) is 3.20. The van der Waals surface area contributed by atoms with E-state index in [-0.39, 0.29) is 11.5 Å². The van der Waals surface area contributed by atoms with Gasteiger partial charge in [-0.1, -0.05) is 44.2 Å². The Morgan fingerprint density at radius 3 is 2.21 bits per heavy atom. The maximum absolute atomic E-state index is 12.9. The van der Waals surface area contributed by atoms with Crippen molar-refractivity contribution in [3.8, 4) is 5.69 Å². The van der Waals surface area contributed by atoms with Crippen LogP contribution >= 0.6 is 0 Å². The Bertz CT molecular complexity index is 1030. The largest absolute Gasteiger partial charge is 0.316 e. The van der Waals surface area contributed by atoms with Crippen LogP contribution in [0.5, 0.6) is 0 Å². The molecule has 6 nitrogen and oxygen atoms in total. The molecule has 1 N–H and O–H groups in total. The van der Waals surface area contributed by atoms with E-state index >= 15 is 0 Å². The van der Waals surface area contributed by atoms with E-state index in [4.69, 9.17) is 0 Å². The summed E-state index contributed by atoms with van der Waals surface area (Å²) in [4.78, 5) is 28.0. The number of carbonyl (C=O) groups excluding carboxylic acids is 1. The van der Waals surface area contributed by atoms with Crippen molar-refractivity contribution in [3.05, 3.63) is 81.8 Å². The van der Waals surface area contributed by atoms with Crippen LogP contribution < -0.4 is 10.9 Å². The second-order valence-corrected chi connectivity index (χ2v) is 7.05. The molecule has 0 radical (unpaired) electrons. The molecule has 0 unspecified atom stereocenters. The van der Waals surface area contributed by atoms with Crippen LogP contribution in [-0.4, -0.2) is 33.3 Å². The zero-order valence-corrected chi connectivity index (χ0v) is 17.5. The van der Waals surface area contributed by atoms with Crippen LogP contribution in [0.1, 0.15) is 35.5 Å². The molecule has 0 aliphatic carbocycles. The van der Waals surface area contributed by atoms with E-state index in [1.807, 2.05) is 61.5 Å². The van der Waals surface area contributed by atoms with Gasteiger partial charge in [0.1, 0.15) is 5.69 Å². The second-order valence-electron chi connectivity index (χ2n) is 7.05. The predicted molar refractivity (Wildman–Crippen MR) is 117 cm³/mol. The van der Waals surface area contributed by atoms with Gasteiger partial charge < -0.3 is 5.32 Å². The Hall–Kier alpha value is -3.12. The average molecular weight is 393 g/mol. The number of amides is 1. The van der Waals surface area contributed by atoms with Crippen LogP contribution in [0, 0.1) is 6.92 Å². The standard InChI is InChI=1S/C23H28N4O2/c1-5-26(6-2)16-18-12-14-19(15-13-18)22(28)24-21-17(3)25(4)27(23(21)29)20-10-8-7-9-11-20/h7-15H,5-6,16H2,1-4H3,(H,24,28). The summed E-state index contributed by atoms with van der Waals surface area (Å²) in [6.45, 7) is 8.92. The summed E-state index contributed by atoms with van der Waals surface area (Å²) in [6.07, 6.45) is 0. The van der Waals surface area contributed by atoms with Crippen molar-refractivity contribution in [2.45, 2.75) is 27.3 Å². The first kappa shape index (κ1) is 20.6. The van der Waals surface area contributed by atoms with Gasteiger partial charge in [-0.15, -0.1) is 0 Å². The van der Waals surface area contributed by atoms with Gasteiger partial charge in [-0.05, 0) is 49.8 Å². The molecule has 0 saturated carbocycles. The van der Waals surface area contributed by atoms with Crippen molar-refractivity contribution >= 4 is 11.6 Å². The van der Waals surface area contributed by atoms with Crippen molar-refractivity contribution in [1.82, 2.24) is 14.3 Å². The lowest BCUT2D eigenvalue weighted by Crippen LogP contribution is -2.23. The second kappa shape index (κ2) is 8.92. The van der Waals surface area contributed by atoms with Gasteiger partial charge in [-0.2, -0.15) is 0 Å². The molecule has 0 aliphatic heterocycles. The fourth-order valence-electron chi connectivity index (χ4n) is 3.36. The van der Waals surface area contributed by atoms with Crippen molar-refractivity contribution < 1.29 is 4.79 Å². The van der Waals surface area contributed by atoms with Crippen LogP contribution in [-0.2, 0) is 13.6 Å². The van der Waals surface area contributed by atoms with Crippen molar-refractivity contribution in [2.24, 2.45) is 7.05 Å². The van der Waals surface area contributed by atoms with Crippen molar-refractivity contribution in [3.63, 3.8) is 0 Å². The van der Waals surface area contributed by atoms with E-state index in [1.165, 1.54) is 0 Å². The van der Waals surface area contributed by atoms with Gasteiger partial charge in [0.2, 0.25) is 0 Å². The first-order chi connectivity index (χ1) is 14.0. The van der Waals surface area contributed by atoms with Crippen molar-refractivity contribution in [2.75, 3.05) is 18.4 Å². The van der Waals surface area contributed by atoms with Crippen LogP contribution in [0.25, 0.3) is 5.69 Å². The van der Waals surface area contributed by atoms with Crippen LogP contribution in [0.3, 0.4) is 0 Å². The van der Waals surface area contributed by atoms with E-state index in [2.05, 4.69) is 24.1 Å². The fourth-order valence-corrected chi connectivity index (χ4v) is 3.36. The molecule has 1 amide bonds. The quantitative estimate of drug-likeness (QED) is 0.669. The maximum Gasteiger partial charge on any atom is 0.295 e. The van der Waals surface area contributed by atoms with Gasteiger partial charge >= 0.3 is 0 Å². The van der Waals surface area contributed by atoms with Crippen LogP contribution in [0.2, 0.25) is 0 Å². The van der Waals surface area contributed by atoms with Gasteiger partial charge in [0.05, 0.1) is 11.4 Å².